The van der Waals surface area contributed by atoms with Gasteiger partial charge in [-0.15, -0.1) is 5.10 Å². The number of H-pyrrole nitrogens is 1. The zero-order valence-electron chi connectivity index (χ0n) is 21.7. The van der Waals surface area contributed by atoms with Gasteiger partial charge in [0.1, 0.15) is 23.1 Å². The van der Waals surface area contributed by atoms with Gasteiger partial charge < -0.3 is 13.7 Å². The number of aromatic amines is 1. The molecule has 4 aromatic heterocycles. The van der Waals surface area contributed by atoms with E-state index < -0.39 is 5.76 Å². The second kappa shape index (κ2) is 10.6. The number of hydrogen-bond acceptors (Lipinski definition) is 8. The molecule has 2 aliphatic rings. The van der Waals surface area contributed by atoms with Crippen LogP contribution in [0.25, 0.3) is 34.1 Å². The molecule has 1 N–H and O–H groups in total. The molecule has 0 aromatic carbocycles. The van der Waals surface area contributed by atoms with Crippen LogP contribution in [0.2, 0.25) is 5.02 Å². The molecule has 0 bridgehead atoms. The Hall–Kier alpha value is -3.11. The van der Waals surface area contributed by atoms with Crippen LogP contribution in [0.1, 0.15) is 70.2 Å². The molecule has 2 fully saturated rings. The maximum Gasteiger partial charge on any atom is 0.434 e. The van der Waals surface area contributed by atoms with Crippen LogP contribution >= 0.6 is 11.6 Å². The number of hydrogen-bond donors (Lipinski definition) is 1. The third kappa shape index (κ3) is 4.87. The first kappa shape index (κ1) is 25.2. The molecule has 38 heavy (non-hydrogen) atoms. The molecule has 0 radical (unpaired) electrons. The van der Waals surface area contributed by atoms with Crippen LogP contribution < -0.4 is 5.76 Å². The summed E-state index contributed by atoms with van der Waals surface area (Å²) in [6.07, 6.45) is 12.6. The van der Waals surface area contributed by atoms with Gasteiger partial charge in [0.05, 0.1) is 5.02 Å². The largest absolute Gasteiger partial charge is 0.434 e. The van der Waals surface area contributed by atoms with Crippen molar-refractivity contribution < 1.29 is 9.15 Å². The molecular weight excluding hydrogens is 506 g/mol. The lowest BCUT2D eigenvalue weighted by Crippen LogP contribution is -2.22. The van der Waals surface area contributed by atoms with Crippen molar-refractivity contribution in [1.82, 2.24) is 34.7 Å². The quantitative estimate of drug-likeness (QED) is 0.323. The highest BCUT2D eigenvalue weighted by Gasteiger charge is 2.33. The maximum absolute atomic E-state index is 11.7. The molecule has 4 heterocycles. The molecule has 0 amide bonds. The molecule has 0 saturated heterocycles. The van der Waals surface area contributed by atoms with E-state index in [0.717, 1.165) is 42.2 Å². The Morgan fingerprint density at radius 3 is 2.61 bits per heavy atom. The highest BCUT2D eigenvalue weighted by molar-refractivity contribution is 6.30. The summed E-state index contributed by atoms with van der Waals surface area (Å²) < 4.78 is 13.6. The summed E-state index contributed by atoms with van der Waals surface area (Å²) in [7, 11) is 1.77. The number of methoxy groups -OCH3 is 1. The molecule has 11 heteroatoms. The van der Waals surface area contributed by atoms with Gasteiger partial charge in [0.2, 0.25) is 5.82 Å². The number of halogens is 1. The van der Waals surface area contributed by atoms with Crippen molar-refractivity contribution in [2.45, 2.75) is 70.9 Å². The van der Waals surface area contributed by atoms with E-state index >= 15 is 0 Å². The molecule has 6 rings (SSSR count). The van der Waals surface area contributed by atoms with Crippen LogP contribution in [-0.4, -0.2) is 41.8 Å². The number of rotatable bonds is 7. The van der Waals surface area contributed by atoms with E-state index in [0.29, 0.717) is 28.2 Å². The van der Waals surface area contributed by atoms with E-state index in [2.05, 4.69) is 26.7 Å². The molecule has 0 aliphatic heterocycles. The minimum Gasteiger partial charge on any atom is -0.384 e. The Kier molecular flexibility index (Phi) is 7.01. The molecule has 4 aromatic rings. The second-order valence-corrected chi connectivity index (χ2v) is 11.2. The number of nitrogens with one attached hydrogen (secondary N) is 1. The van der Waals surface area contributed by atoms with Crippen molar-refractivity contribution in [1.29, 1.82) is 0 Å². The van der Waals surface area contributed by atoms with E-state index in [1.54, 1.807) is 19.5 Å². The van der Waals surface area contributed by atoms with Gasteiger partial charge in [-0.1, -0.05) is 44.2 Å². The van der Waals surface area contributed by atoms with Gasteiger partial charge in [0.15, 0.2) is 5.65 Å². The summed E-state index contributed by atoms with van der Waals surface area (Å²) in [5.41, 5.74) is 2.66. The first-order valence-electron chi connectivity index (χ1n) is 13.5. The first-order chi connectivity index (χ1) is 18.5. The molecule has 0 spiro atoms. The van der Waals surface area contributed by atoms with Crippen molar-refractivity contribution in [3.8, 4) is 23.0 Å². The van der Waals surface area contributed by atoms with E-state index in [1.807, 2.05) is 6.07 Å². The molecule has 2 saturated carbocycles. The Morgan fingerprint density at radius 1 is 1.13 bits per heavy atom. The number of ether oxygens (including phenoxy) is 1. The van der Waals surface area contributed by atoms with Gasteiger partial charge in [-0.3, -0.25) is 4.98 Å². The Morgan fingerprint density at radius 2 is 1.92 bits per heavy atom. The van der Waals surface area contributed by atoms with Gasteiger partial charge in [0.25, 0.3) is 5.89 Å². The average Bonchev–Trinajstić information content (AvgIpc) is 3.67. The number of aromatic nitrogens is 7. The number of fused-ring (bicyclic) bond motifs is 1. The topological polar surface area (TPSA) is 125 Å². The fourth-order valence-corrected chi connectivity index (χ4v) is 6.33. The Bertz CT molecular complexity index is 1480. The minimum absolute atomic E-state index is 0.00425. The smallest absolute Gasteiger partial charge is 0.384 e. The summed E-state index contributed by atoms with van der Waals surface area (Å²) in [6.45, 7) is 3.15. The van der Waals surface area contributed by atoms with Crippen LogP contribution in [0.15, 0.2) is 27.7 Å². The summed E-state index contributed by atoms with van der Waals surface area (Å²) in [5, 5.41) is 6.75. The number of nitrogens with zero attached hydrogens (tertiary/aromatic N) is 6. The third-order valence-electron chi connectivity index (χ3n) is 8.15. The van der Waals surface area contributed by atoms with Crippen LogP contribution in [0.5, 0.6) is 0 Å². The lowest BCUT2D eigenvalue weighted by Gasteiger charge is -2.29. The van der Waals surface area contributed by atoms with Gasteiger partial charge in [-0.05, 0) is 49.5 Å². The van der Waals surface area contributed by atoms with Gasteiger partial charge in [-0.25, -0.2) is 24.8 Å². The normalized spacial score (nSPS) is 21.3. The van der Waals surface area contributed by atoms with Gasteiger partial charge >= 0.3 is 5.76 Å². The first-order valence-corrected chi connectivity index (χ1v) is 13.9. The minimum atomic E-state index is -0.673. The highest BCUT2D eigenvalue weighted by Crippen LogP contribution is 2.41. The Labute approximate surface area is 225 Å². The van der Waals surface area contributed by atoms with Gasteiger partial charge in [-0.2, -0.15) is 0 Å². The van der Waals surface area contributed by atoms with Crippen LogP contribution in [0.3, 0.4) is 0 Å². The van der Waals surface area contributed by atoms with Crippen LogP contribution in [0, 0.1) is 17.8 Å². The average molecular weight is 538 g/mol. The molecule has 1 atom stereocenters. The summed E-state index contributed by atoms with van der Waals surface area (Å²) in [4.78, 5) is 30.7. The van der Waals surface area contributed by atoms with E-state index in [-0.39, 0.29) is 17.8 Å². The lowest BCUT2D eigenvalue weighted by atomic mass is 9.83. The standard InChI is InChI=1S/C27H32ClN7O3/c1-15-7-9-16(10-8-15)14-35-21-20(18-11-19(28)13-29-12-18)30-24(26-33-34-27(36)38-26)31-23(21)32-25(35)22(37-2)17-5-3-4-6-17/h11-13,15-17,22H,3-10,14H2,1-2H3,(H,34,36). The number of imidazole rings is 1. The SMILES string of the molecule is COC(c1nc2nc(-c3n[nH]c(=O)o3)nc(-c3cncc(Cl)c3)c2n1CC1CCC(C)CC1)C1CCCC1. The van der Waals surface area contributed by atoms with Crippen molar-refractivity contribution in [2.75, 3.05) is 7.11 Å². The summed E-state index contributed by atoms with van der Waals surface area (Å²) in [5.74, 6) is 2.06. The third-order valence-corrected chi connectivity index (χ3v) is 8.36. The van der Waals surface area contributed by atoms with E-state index in [9.17, 15) is 4.79 Å². The predicted octanol–water partition coefficient (Wildman–Crippen LogP) is 5.59. The molecule has 2 aliphatic carbocycles. The maximum atomic E-state index is 11.7. The van der Waals surface area contributed by atoms with Crippen molar-refractivity contribution in [3.63, 3.8) is 0 Å². The fraction of sp³-hybridized carbons (Fsp3) is 0.556. The van der Waals surface area contributed by atoms with Gasteiger partial charge in [0, 0.05) is 31.6 Å². The molecular formula is C27H32ClN7O3. The summed E-state index contributed by atoms with van der Waals surface area (Å²) in [6, 6.07) is 1.82. The van der Waals surface area contributed by atoms with Crippen LogP contribution in [0.4, 0.5) is 0 Å². The molecule has 10 nitrogen and oxygen atoms in total. The fourth-order valence-electron chi connectivity index (χ4n) is 6.16. The number of pyridine rings is 1. The van der Waals surface area contributed by atoms with E-state index in [4.69, 9.17) is 35.7 Å². The summed E-state index contributed by atoms with van der Waals surface area (Å²) >= 11 is 6.35. The second-order valence-electron chi connectivity index (χ2n) is 10.8. The predicted molar refractivity (Wildman–Crippen MR) is 143 cm³/mol. The lowest BCUT2D eigenvalue weighted by molar-refractivity contribution is 0.0432. The molecule has 200 valence electrons. The van der Waals surface area contributed by atoms with Crippen molar-refractivity contribution >= 4 is 22.8 Å². The van der Waals surface area contributed by atoms with Crippen LogP contribution in [-0.2, 0) is 11.3 Å². The van der Waals surface area contributed by atoms with Crippen molar-refractivity contribution in [3.05, 3.63) is 39.9 Å². The Balaban J connectivity index is 1.58. The zero-order valence-corrected chi connectivity index (χ0v) is 22.4. The monoisotopic (exact) mass is 537 g/mol. The molecule has 1 unspecified atom stereocenters. The van der Waals surface area contributed by atoms with E-state index in [1.165, 1.54) is 38.5 Å². The van der Waals surface area contributed by atoms with Crippen molar-refractivity contribution in [2.24, 2.45) is 17.8 Å². The highest BCUT2D eigenvalue weighted by atomic mass is 35.5. The zero-order chi connectivity index (χ0) is 26.2.